The van der Waals surface area contributed by atoms with E-state index in [1.165, 1.54) is 0 Å². The normalized spacial score (nSPS) is 43.5. The zero-order valence-corrected chi connectivity index (χ0v) is 11.2. The number of hydrogen-bond acceptors (Lipinski definition) is 6. The van der Waals surface area contributed by atoms with Gasteiger partial charge in [0.15, 0.2) is 0 Å². The number of ether oxygens (including phenoxy) is 3. The van der Waals surface area contributed by atoms with Gasteiger partial charge in [0.1, 0.15) is 23.7 Å². The van der Waals surface area contributed by atoms with Gasteiger partial charge in [-0.05, 0) is 20.8 Å². The van der Waals surface area contributed by atoms with Crippen LogP contribution in [0.1, 0.15) is 20.8 Å². The third-order valence-electron chi connectivity index (χ3n) is 3.99. The van der Waals surface area contributed by atoms with Gasteiger partial charge in [-0.25, -0.2) is 0 Å². The molecular weight excluding hydrogens is 252 g/mol. The zero-order valence-electron chi connectivity index (χ0n) is 11.2. The maximum absolute atomic E-state index is 12.3. The van der Waals surface area contributed by atoms with Crippen molar-refractivity contribution in [1.29, 1.82) is 0 Å². The third-order valence-corrected chi connectivity index (χ3v) is 3.99. The van der Waals surface area contributed by atoms with Crippen molar-refractivity contribution in [3.05, 3.63) is 0 Å². The van der Waals surface area contributed by atoms with Gasteiger partial charge in [-0.1, -0.05) is 0 Å². The van der Waals surface area contributed by atoms with Gasteiger partial charge in [0.25, 0.3) is 0 Å². The summed E-state index contributed by atoms with van der Waals surface area (Å²) in [5, 5.41) is 9.40. The predicted octanol–water partition coefficient (Wildman–Crippen LogP) is -0.125. The molecule has 2 bridgehead atoms. The first-order chi connectivity index (χ1) is 8.83. The second-order valence-corrected chi connectivity index (χ2v) is 6.40. The highest BCUT2D eigenvalue weighted by Crippen LogP contribution is 2.53. The molecule has 0 aromatic rings. The maximum Gasteiger partial charge on any atom is 0.313 e. The number of fused-ring (bicyclic) bond motifs is 1. The Morgan fingerprint density at radius 1 is 1.32 bits per heavy atom. The monoisotopic (exact) mass is 270 g/mol. The Morgan fingerprint density at radius 3 is 2.58 bits per heavy atom. The number of rotatable bonds is 2. The van der Waals surface area contributed by atoms with Crippen molar-refractivity contribution in [2.24, 2.45) is 17.8 Å². The fourth-order valence-electron chi connectivity index (χ4n) is 3.35. The SMILES string of the molecule is CC(C)(C)OC(=O)C1C2OC3C(OC(=O)C31)C2CO. The highest BCUT2D eigenvalue weighted by Gasteiger charge is 2.70. The van der Waals surface area contributed by atoms with Crippen molar-refractivity contribution < 1.29 is 28.9 Å². The minimum absolute atomic E-state index is 0.162. The molecule has 0 saturated carbocycles. The van der Waals surface area contributed by atoms with Crippen molar-refractivity contribution in [3.8, 4) is 0 Å². The van der Waals surface area contributed by atoms with E-state index in [2.05, 4.69) is 0 Å². The third kappa shape index (κ3) is 1.77. The van der Waals surface area contributed by atoms with Crippen LogP contribution in [-0.2, 0) is 23.8 Å². The molecule has 0 radical (unpaired) electrons. The van der Waals surface area contributed by atoms with Gasteiger partial charge in [-0.2, -0.15) is 0 Å². The van der Waals surface area contributed by atoms with E-state index in [0.29, 0.717) is 0 Å². The molecule has 6 nitrogen and oxygen atoms in total. The lowest BCUT2D eigenvalue weighted by molar-refractivity contribution is -0.165. The lowest BCUT2D eigenvalue weighted by Gasteiger charge is -2.28. The second kappa shape index (κ2) is 3.93. The zero-order chi connectivity index (χ0) is 13.9. The lowest BCUT2D eigenvalue weighted by atomic mass is 9.74. The summed E-state index contributed by atoms with van der Waals surface area (Å²) in [7, 11) is 0. The largest absolute Gasteiger partial charge is 0.460 e. The molecule has 3 aliphatic rings. The Kier molecular flexibility index (Phi) is 2.66. The molecule has 6 heteroatoms. The minimum atomic E-state index is -0.660. The highest BCUT2D eigenvalue weighted by atomic mass is 16.6. The van der Waals surface area contributed by atoms with Crippen LogP contribution in [0.25, 0.3) is 0 Å². The lowest BCUT2D eigenvalue weighted by Crippen LogP contribution is -2.45. The highest BCUT2D eigenvalue weighted by molar-refractivity contribution is 5.86. The molecule has 3 aliphatic heterocycles. The van der Waals surface area contributed by atoms with E-state index in [-0.39, 0.29) is 12.5 Å². The van der Waals surface area contributed by atoms with Gasteiger partial charge >= 0.3 is 11.9 Å². The fourth-order valence-corrected chi connectivity index (χ4v) is 3.35. The van der Waals surface area contributed by atoms with E-state index in [0.717, 1.165) is 0 Å². The molecule has 3 rings (SSSR count). The van der Waals surface area contributed by atoms with Crippen LogP contribution in [0, 0.1) is 17.8 Å². The van der Waals surface area contributed by atoms with Crippen molar-refractivity contribution in [3.63, 3.8) is 0 Å². The van der Waals surface area contributed by atoms with Gasteiger partial charge in [0.2, 0.25) is 0 Å². The molecule has 1 N–H and O–H groups in total. The van der Waals surface area contributed by atoms with Crippen molar-refractivity contribution in [2.45, 2.75) is 44.7 Å². The molecule has 6 unspecified atom stereocenters. The summed E-state index contributed by atoms with van der Waals surface area (Å²) in [5.74, 6) is -2.42. The average Bonchev–Trinajstić information content (AvgIpc) is 2.85. The van der Waals surface area contributed by atoms with Gasteiger partial charge in [-0.15, -0.1) is 0 Å². The van der Waals surface area contributed by atoms with Crippen LogP contribution < -0.4 is 0 Å². The topological polar surface area (TPSA) is 82.1 Å². The maximum atomic E-state index is 12.3. The average molecular weight is 270 g/mol. The van der Waals surface area contributed by atoms with Crippen molar-refractivity contribution >= 4 is 11.9 Å². The van der Waals surface area contributed by atoms with E-state index in [1.54, 1.807) is 20.8 Å². The number of carbonyl (C=O) groups is 2. The molecule has 3 heterocycles. The number of aliphatic hydroxyl groups excluding tert-OH is 1. The molecule has 19 heavy (non-hydrogen) atoms. The van der Waals surface area contributed by atoms with E-state index in [4.69, 9.17) is 14.2 Å². The molecule has 106 valence electrons. The summed E-state index contributed by atoms with van der Waals surface area (Å²) in [6.07, 6.45) is -1.30. The first-order valence-corrected chi connectivity index (χ1v) is 6.53. The molecule has 0 aromatic carbocycles. The molecule has 6 atom stereocenters. The predicted molar refractivity (Wildman–Crippen MR) is 61.9 cm³/mol. The number of hydrogen-bond donors (Lipinski definition) is 1. The van der Waals surface area contributed by atoms with Crippen LogP contribution >= 0.6 is 0 Å². The molecule has 0 aliphatic carbocycles. The van der Waals surface area contributed by atoms with E-state index in [9.17, 15) is 14.7 Å². The number of carbonyl (C=O) groups excluding carboxylic acids is 2. The van der Waals surface area contributed by atoms with Gasteiger partial charge in [-0.3, -0.25) is 9.59 Å². The second-order valence-electron chi connectivity index (χ2n) is 6.40. The molecule has 0 spiro atoms. The molecule has 0 amide bonds. The standard InChI is InChI=1S/C13H18O6/c1-13(2,3)19-12(16)6-7-10-9(18-11(7)15)5(4-14)8(6)17-10/h5-10,14H,4H2,1-3H3. The van der Waals surface area contributed by atoms with E-state index < -0.39 is 47.7 Å². The van der Waals surface area contributed by atoms with Gasteiger partial charge in [0.05, 0.1) is 18.6 Å². The number of esters is 2. The van der Waals surface area contributed by atoms with E-state index >= 15 is 0 Å². The summed E-state index contributed by atoms with van der Waals surface area (Å²) < 4.78 is 16.3. The Bertz CT molecular complexity index is 425. The fraction of sp³-hybridized carbons (Fsp3) is 0.846. The smallest absolute Gasteiger partial charge is 0.313 e. The minimum Gasteiger partial charge on any atom is -0.460 e. The Morgan fingerprint density at radius 2 is 2.00 bits per heavy atom. The summed E-state index contributed by atoms with van der Waals surface area (Å²) in [4.78, 5) is 24.1. The quantitative estimate of drug-likeness (QED) is 0.704. The van der Waals surface area contributed by atoms with Crippen LogP contribution in [-0.4, -0.2) is 47.6 Å². The van der Waals surface area contributed by atoms with E-state index in [1.807, 2.05) is 0 Å². The van der Waals surface area contributed by atoms with Crippen LogP contribution in [0.15, 0.2) is 0 Å². The molecule has 3 saturated heterocycles. The van der Waals surface area contributed by atoms with Gasteiger partial charge in [0, 0.05) is 5.92 Å². The Labute approximate surface area is 111 Å². The van der Waals surface area contributed by atoms with Crippen LogP contribution in [0.3, 0.4) is 0 Å². The Hall–Kier alpha value is -1.14. The van der Waals surface area contributed by atoms with Crippen LogP contribution in [0.4, 0.5) is 0 Å². The first kappa shape index (κ1) is 12.9. The van der Waals surface area contributed by atoms with Crippen molar-refractivity contribution in [1.82, 2.24) is 0 Å². The van der Waals surface area contributed by atoms with Crippen molar-refractivity contribution in [2.75, 3.05) is 6.61 Å². The summed E-state index contributed by atoms with van der Waals surface area (Å²) in [5.41, 5.74) is -0.616. The van der Waals surface area contributed by atoms with Crippen LogP contribution in [0.2, 0.25) is 0 Å². The molecule has 3 fully saturated rings. The summed E-state index contributed by atoms with van der Waals surface area (Å²) >= 11 is 0. The first-order valence-electron chi connectivity index (χ1n) is 6.53. The molecular formula is C13H18O6. The van der Waals surface area contributed by atoms with Crippen LogP contribution in [0.5, 0.6) is 0 Å². The molecule has 0 aromatic heterocycles. The van der Waals surface area contributed by atoms with Gasteiger partial charge < -0.3 is 19.3 Å². The Balaban J connectivity index is 1.86. The number of aliphatic hydroxyl groups is 1. The summed E-state index contributed by atoms with van der Waals surface area (Å²) in [6, 6.07) is 0. The summed E-state index contributed by atoms with van der Waals surface area (Å²) in [6.45, 7) is 5.17.